The molecule has 34 heavy (non-hydrogen) atoms. The molecule has 182 valence electrons. The summed E-state index contributed by atoms with van der Waals surface area (Å²) in [6.45, 7) is 5.08. The Hall–Kier alpha value is -3.07. The second-order valence-corrected chi connectivity index (χ2v) is 9.23. The van der Waals surface area contributed by atoms with E-state index in [2.05, 4.69) is 9.97 Å². The van der Waals surface area contributed by atoms with E-state index in [1.165, 1.54) is 0 Å². The van der Waals surface area contributed by atoms with Gasteiger partial charge in [0.05, 0.1) is 23.3 Å². The Balaban J connectivity index is 1.41. The number of piperidine rings is 1. The molecule has 2 aromatic heterocycles. The van der Waals surface area contributed by atoms with Crippen LogP contribution in [0.1, 0.15) is 56.2 Å². The van der Waals surface area contributed by atoms with Crippen molar-refractivity contribution in [3.8, 4) is 11.8 Å². The van der Waals surface area contributed by atoms with Crippen LogP contribution in [0.25, 0.3) is 17.0 Å². The van der Waals surface area contributed by atoms with Crippen molar-refractivity contribution in [1.29, 1.82) is 0 Å². The number of nitrogens with zero attached hydrogens (tertiary/aromatic N) is 4. The Morgan fingerprint density at radius 3 is 2.71 bits per heavy atom. The highest BCUT2D eigenvalue weighted by molar-refractivity contribution is 5.76. The molecule has 4 heterocycles. The van der Waals surface area contributed by atoms with Gasteiger partial charge in [0.15, 0.2) is 0 Å². The lowest BCUT2D eigenvalue weighted by Crippen LogP contribution is -2.38. The number of aromatic nitrogens is 4. The van der Waals surface area contributed by atoms with Crippen molar-refractivity contribution in [3.63, 3.8) is 0 Å². The van der Waals surface area contributed by atoms with Crippen LogP contribution in [-0.2, 0) is 15.9 Å². The van der Waals surface area contributed by atoms with Crippen LogP contribution in [0.5, 0.6) is 5.88 Å². The van der Waals surface area contributed by atoms with Crippen LogP contribution in [0.4, 0.5) is 4.79 Å². The number of nitrogens with one attached hydrogen (secondary N) is 1. The van der Waals surface area contributed by atoms with E-state index in [1.54, 1.807) is 9.58 Å². The van der Waals surface area contributed by atoms with Gasteiger partial charge in [0.1, 0.15) is 0 Å². The number of aromatic amines is 1. The SMILES string of the molecule is CCOC(=O)N1CCC(c2nn(-c3nc4ccccc4[nH]3)c(O)c2CCC2CCOCC2)CC1. The summed E-state index contributed by atoms with van der Waals surface area (Å²) >= 11 is 0. The van der Waals surface area contributed by atoms with E-state index in [4.69, 9.17) is 14.6 Å². The number of likely N-dealkylation sites (tertiary alicyclic amines) is 1. The molecule has 5 rings (SSSR count). The minimum Gasteiger partial charge on any atom is -0.493 e. The van der Waals surface area contributed by atoms with Crippen LogP contribution >= 0.6 is 0 Å². The van der Waals surface area contributed by atoms with Crippen molar-refractivity contribution in [2.75, 3.05) is 32.9 Å². The van der Waals surface area contributed by atoms with E-state index in [1.807, 2.05) is 31.2 Å². The van der Waals surface area contributed by atoms with Crippen molar-refractivity contribution >= 4 is 17.1 Å². The number of fused-ring (bicyclic) bond motifs is 1. The molecule has 3 aromatic rings. The van der Waals surface area contributed by atoms with E-state index in [0.717, 1.165) is 74.0 Å². The van der Waals surface area contributed by atoms with Gasteiger partial charge >= 0.3 is 6.09 Å². The number of hydrogen-bond donors (Lipinski definition) is 2. The molecule has 2 saturated heterocycles. The van der Waals surface area contributed by atoms with Gasteiger partial charge in [0.25, 0.3) is 0 Å². The van der Waals surface area contributed by atoms with Gasteiger partial charge < -0.3 is 24.5 Å². The molecular formula is C25H33N5O4. The molecule has 0 radical (unpaired) electrons. The Morgan fingerprint density at radius 2 is 1.97 bits per heavy atom. The average molecular weight is 468 g/mol. The molecule has 2 fully saturated rings. The van der Waals surface area contributed by atoms with E-state index in [0.29, 0.717) is 31.6 Å². The summed E-state index contributed by atoms with van der Waals surface area (Å²) in [6.07, 6.45) is 5.22. The van der Waals surface area contributed by atoms with Gasteiger partial charge in [0.2, 0.25) is 11.8 Å². The maximum atomic E-state index is 12.1. The summed E-state index contributed by atoms with van der Waals surface area (Å²) < 4.78 is 12.2. The molecule has 2 aliphatic rings. The van der Waals surface area contributed by atoms with Crippen molar-refractivity contribution in [2.45, 2.75) is 51.4 Å². The predicted octanol–water partition coefficient (Wildman–Crippen LogP) is 4.15. The predicted molar refractivity (Wildman–Crippen MR) is 127 cm³/mol. The van der Waals surface area contributed by atoms with Gasteiger partial charge in [-0.2, -0.15) is 9.78 Å². The number of H-pyrrole nitrogens is 1. The molecule has 0 bridgehead atoms. The number of imidazole rings is 1. The fourth-order valence-electron chi connectivity index (χ4n) is 5.15. The molecule has 0 saturated carbocycles. The highest BCUT2D eigenvalue weighted by Gasteiger charge is 2.31. The normalized spacial score (nSPS) is 18.0. The number of para-hydroxylation sites is 2. The molecule has 1 aromatic carbocycles. The van der Waals surface area contributed by atoms with Crippen LogP contribution in [0, 0.1) is 5.92 Å². The lowest BCUT2D eigenvalue weighted by Gasteiger charge is -2.31. The number of amides is 1. The second-order valence-electron chi connectivity index (χ2n) is 9.23. The zero-order valence-electron chi connectivity index (χ0n) is 19.7. The maximum Gasteiger partial charge on any atom is 0.409 e. The summed E-state index contributed by atoms with van der Waals surface area (Å²) in [5.41, 5.74) is 3.57. The van der Waals surface area contributed by atoms with Crippen molar-refractivity contribution in [2.24, 2.45) is 5.92 Å². The monoisotopic (exact) mass is 467 g/mol. The van der Waals surface area contributed by atoms with Gasteiger partial charge in [-0.05, 0) is 63.5 Å². The van der Waals surface area contributed by atoms with Gasteiger partial charge in [-0.1, -0.05) is 12.1 Å². The molecule has 0 aliphatic carbocycles. The number of rotatable bonds is 6. The van der Waals surface area contributed by atoms with Crippen LogP contribution < -0.4 is 0 Å². The smallest absolute Gasteiger partial charge is 0.409 e. The maximum absolute atomic E-state index is 12.1. The number of benzene rings is 1. The van der Waals surface area contributed by atoms with Gasteiger partial charge in [0, 0.05) is 37.8 Å². The zero-order chi connectivity index (χ0) is 23.5. The van der Waals surface area contributed by atoms with E-state index in [-0.39, 0.29) is 17.9 Å². The molecular weight excluding hydrogens is 434 g/mol. The van der Waals surface area contributed by atoms with Crippen molar-refractivity contribution < 1.29 is 19.4 Å². The topological polar surface area (TPSA) is 106 Å². The van der Waals surface area contributed by atoms with E-state index < -0.39 is 0 Å². The number of aromatic hydroxyl groups is 1. The molecule has 0 unspecified atom stereocenters. The fraction of sp³-hybridized carbons (Fsp3) is 0.560. The zero-order valence-corrected chi connectivity index (χ0v) is 19.7. The Labute approximate surface area is 199 Å². The fourth-order valence-corrected chi connectivity index (χ4v) is 5.15. The minimum atomic E-state index is -0.253. The first-order valence-electron chi connectivity index (χ1n) is 12.4. The molecule has 1 amide bonds. The summed E-state index contributed by atoms with van der Waals surface area (Å²) in [4.78, 5) is 21.8. The number of carbonyl (C=O) groups excluding carboxylic acids is 1. The molecule has 2 N–H and O–H groups in total. The highest BCUT2D eigenvalue weighted by Crippen LogP contribution is 2.37. The molecule has 0 spiro atoms. The third-order valence-corrected chi connectivity index (χ3v) is 7.12. The van der Waals surface area contributed by atoms with Crippen LogP contribution in [0.3, 0.4) is 0 Å². The highest BCUT2D eigenvalue weighted by atomic mass is 16.6. The van der Waals surface area contributed by atoms with Crippen LogP contribution in [-0.4, -0.2) is 68.8 Å². The van der Waals surface area contributed by atoms with Crippen LogP contribution in [0.15, 0.2) is 24.3 Å². The largest absolute Gasteiger partial charge is 0.493 e. The van der Waals surface area contributed by atoms with Gasteiger partial charge in [-0.15, -0.1) is 0 Å². The number of ether oxygens (including phenoxy) is 2. The lowest BCUT2D eigenvalue weighted by atomic mass is 9.88. The molecule has 0 atom stereocenters. The van der Waals surface area contributed by atoms with Gasteiger partial charge in [-0.25, -0.2) is 9.78 Å². The second kappa shape index (κ2) is 10.0. The summed E-state index contributed by atoms with van der Waals surface area (Å²) in [5.74, 6) is 1.45. The lowest BCUT2D eigenvalue weighted by molar-refractivity contribution is 0.0639. The number of hydrogen-bond acceptors (Lipinski definition) is 6. The van der Waals surface area contributed by atoms with Crippen molar-refractivity contribution in [3.05, 3.63) is 35.5 Å². The standard InChI is InChI=1S/C25H33N5O4/c1-2-34-25(32)29-13-9-18(10-14-29)22-19(8-7-17-11-15-33-16-12-17)23(31)30(28-22)24-26-20-5-3-4-6-21(20)27-24/h3-6,17-18,31H,2,7-16H2,1H3,(H,26,27). The first-order valence-corrected chi connectivity index (χ1v) is 12.4. The summed E-state index contributed by atoms with van der Waals surface area (Å²) in [5, 5.41) is 16.2. The minimum absolute atomic E-state index is 0.161. The molecule has 9 heteroatoms. The summed E-state index contributed by atoms with van der Waals surface area (Å²) in [7, 11) is 0. The first kappa shape index (κ1) is 22.7. The first-order chi connectivity index (χ1) is 16.6. The number of carbonyl (C=O) groups is 1. The van der Waals surface area contributed by atoms with Gasteiger partial charge in [-0.3, -0.25) is 0 Å². The average Bonchev–Trinajstić information content (AvgIpc) is 3.44. The Bertz CT molecular complexity index is 1090. The summed E-state index contributed by atoms with van der Waals surface area (Å²) in [6, 6.07) is 7.80. The molecule has 2 aliphatic heterocycles. The Kier molecular flexibility index (Phi) is 6.71. The van der Waals surface area contributed by atoms with E-state index in [9.17, 15) is 9.90 Å². The molecule has 9 nitrogen and oxygen atoms in total. The van der Waals surface area contributed by atoms with E-state index >= 15 is 0 Å². The van der Waals surface area contributed by atoms with Crippen LogP contribution in [0.2, 0.25) is 0 Å². The third-order valence-electron chi connectivity index (χ3n) is 7.12. The Morgan fingerprint density at radius 1 is 1.21 bits per heavy atom. The van der Waals surface area contributed by atoms with Crippen molar-refractivity contribution in [1.82, 2.24) is 24.6 Å². The third kappa shape index (κ3) is 4.61. The quantitative estimate of drug-likeness (QED) is 0.564.